The number of phenols is 1. The minimum Gasteiger partial charge on any atom is -0.508 e. The number of carbonyl (C=O) groups excluding carboxylic acids is 2. The Morgan fingerprint density at radius 1 is 1.11 bits per heavy atom. The smallest absolute Gasteiger partial charge is 0.338 e. The van der Waals surface area contributed by atoms with Crippen LogP contribution in [-0.2, 0) is 9.53 Å². The second-order valence-corrected chi connectivity index (χ2v) is 6.98. The summed E-state index contributed by atoms with van der Waals surface area (Å²) in [5, 5.41) is 14.5. The molecule has 1 unspecified atom stereocenters. The van der Waals surface area contributed by atoms with Crippen LogP contribution in [0.3, 0.4) is 0 Å². The number of hydrogen-bond acceptors (Lipinski definition) is 5. The third-order valence-corrected chi connectivity index (χ3v) is 4.98. The fraction of sp³-hybridized carbons (Fsp3) is 0.143. The average molecular weight is 381 g/mol. The van der Waals surface area contributed by atoms with E-state index in [1.165, 1.54) is 6.07 Å². The van der Waals surface area contributed by atoms with Crippen LogP contribution in [0.4, 0.5) is 0 Å². The highest BCUT2D eigenvalue weighted by Crippen LogP contribution is 2.25. The molecule has 27 heavy (non-hydrogen) atoms. The van der Waals surface area contributed by atoms with Crippen molar-refractivity contribution in [1.29, 1.82) is 0 Å². The molecular formula is C21H19NO4S. The van der Waals surface area contributed by atoms with Crippen molar-refractivity contribution in [1.82, 2.24) is 5.32 Å². The van der Waals surface area contributed by atoms with E-state index in [1.807, 2.05) is 47.8 Å². The Hall–Kier alpha value is -3.12. The van der Waals surface area contributed by atoms with Crippen molar-refractivity contribution in [2.45, 2.75) is 13.0 Å². The number of carbonyl (C=O) groups is 2. The first-order valence-corrected chi connectivity index (χ1v) is 9.27. The van der Waals surface area contributed by atoms with Crippen molar-refractivity contribution in [2.75, 3.05) is 6.61 Å². The fourth-order valence-electron chi connectivity index (χ4n) is 2.57. The van der Waals surface area contributed by atoms with Crippen molar-refractivity contribution in [3.63, 3.8) is 0 Å². The maximum atomic E-state index is 12.3. The summed E-state index contributed by atoms with van der Waals surface area (Å²) in [5.41, 5.74) is 1.80. The van der Waals surface area contributed by atoms with Gasteiger partial charge >= 0.3 is 5.97 Å². The van der Waals surface area contributed by atoms with E-state index in [1.54, 1.807) is 30.4 Å². The van der Waals surface area contributed by atoms with Gasteiger partial charge in [0.15, 0.2) is 6.61 Å². The van der Waals surface area contributed by atoms with Crippen molar-refractivity contribution in [2.24, 2.45) is 0 Å². The molecule has 2 aromatic carbocycles. The third kappa shape index (κ3) is 4.74. The molecule has 3 aromatic rings. The van der Waals surface area contributed by atoms with Gasteiger partial charge in [-0.3, -0.25) is 4.79 Å². The number of esters is 1. The summed E-state index contributed by atoms with van der Waals surface area (Å²) >= 11 is 1.54. The molecule has 6 heteroatoms. The van der Waals surface area contributed by atoms with Gasteiger partial charge in [-0.1, -0.05) is 42.5 Å². The lowest BCUT2D eigenvalue weighted by Crippen LogP contribution is -2.32. The van der Waals surface area contributed by atoms with Gasteiger partial charge in [0.2, 0.25) is 0 Å². The van der Waals surface area contributed by atoms with Gasteiger partial charge in [0, 0.05) is 4.88 Å². The normalized spacial score (nSPS) is 11.6. The van der Waals surface area contributed by atoms with E-state index in [0.717, 1.165) is 10.4 Å². The summed E-state index contributed by atoms with van der Waals surface area (Å²) < 4.78 is 5.08. The van der Waals surface area contributed by atoms with E-state index in [9.17, 15) is 14.7 Å². The highest BCUT2D eigenvalue weighted by atomic mass is 32.1. The minimum absolute atomic E-state index is 0.00994. The van der Waals surface area contributed by atoms with Crippen LogP contribution in [0.15, 0.2) is 66.0 Å². The second kappa shape index (κ2) is 8.51. The molecule has 5 nitrogen and oxygen atoms in total. The average Bonchev–Trinajstić information content (AvgIpc) is 3.21. The number of benzene rings is 2. The van der Waals surface area contributed by atoms with E-state index in [2.05, 4.69) is 5.32 Å². The summed E-state index contributed by atoms with van der Waals surface area (Å²) in [5.74, 6) is -1.05. The Bertz CT molecular complexity index is 923. The molecular weight excluding hydrogens is 362 g/mol. The number of amides is 1. The molecule has 138 valence electrons. The molecule has 1 heterocycles. The Balaban J connectivity index is 1.64. The van der Waals surface area contributed by atoms with Crippen LogP contribution in [-0.4, -0.2) is 23.6 Å². The van der Waals surface area contributed by atoms with Crippen molar-refractivity contribution in [3.8, 4) is 5.75 Å². The van der Waals surface area contributed by atoms with Gasteiger partial charge in [0.1, 0.15) is 5.75 Å². The van der Waals surface area contributed by atoms with Crippen molar-refractivity contribution in [3.05, 3.63) is 87.6 Å². The Kier molecular flexibility index (Phi) is 5.88. The summed E-state index contributed by atoms with van der Waals surface area (Å²) in [6.45, 7) is 1.33. The van der Waals surface area contributed by atoms with Crippen molar-refractivity contribution >= 4 is 23.2 Å². The highest BCUT2D eigenvalue weighted by Gasteiger charge is 2.19. The molecule has 1 amide bonds. The number of hydrogen-bond donors (Lipinski definition) is 2. The summed E-state index contributed by atoms with van der Waals surface area (Å²) in [7, 11) is 0. The van der Waals surface area contributed by atoms with Gasteiger partial charge in [-0.2, -0.15) is 0 Å². The molecule has 3 rings (SSSR count). The Morgan fingerprint density at radius 3 is 2.56 bits per heavy atom. The zero-order valence-electron chi connectivity index (χ0n) is 14.7. The van der Waals surface area contributed by atoms with Crippen LogP contribution in [0.5, 0.6) is 5.75 Å². The first kappa shape index (κ1) is 18.7. The van der Waals surface area contributed by atoms with E-state index in [0.29, 0.717) is 5.56 Å². The number of rotatable bonds is 6. The fourth-order valence-corrected chi connectivity index (χ4v) is 3.38. The zero-order chi connectivity index (χ0) is 19.2. The quantitative estimate of drug-likeness (QED) is 0.637. The molecule has 2 N–H and O–H groups in total. The molecule has 0 aliphatic heterocycles. The summed E-state index contributed by atoms with van der Waals surface area (Å²) in [6.07, 6.45) is 0. The number of thiophene rings is 1. The van der Waals surface area contributed by atoms with E-state index in [4.69, 9.17) is 4.74 Å². The predicted octanol–water partition coefficient (Wildman–Crippen LogP) is 3.82. The molecule has 1 aromatic heterocycles. The predicted molar refractivity (Wildman–Crippen MR) is 104 cm³/mol. The number of phenolic OH excluding ortho intramolecular Hbond substituents is 1. The standard InChI is InChI=1S/C21H19NO4S/c1-14-9-10-16(12-17(14)23)21(25)26-13-19(24)22-20(18-8-5-11-27-18)15-6-3-2-4-7-15/h2-12,20,23H,13H2,1H3,(H,22,24). The van der Waals surface area contributed by atoms with E-state index >= 15 is 0 Å². The van der Waals surface area contributed by atoms with Crippen LogP contribution < -0.4 is 5.32 Å². The monoisotopic (exact) mass is 381 g/mol. The van der Waals surface area contributed by atoms with Crippen LogP contribution in [0.2, 0.25) is 0 Å². The lowest BCUT2D eigenvalue weighted by atomic mass is 10.1. The molecule has 0 saturated carbocycles. The molecule has 0 aliphatic rings. The molecule has 0 spiro atoms. The first-order chi connectivity index (χ1) is 13.0. The number of aromatic hydroxyl groups is 1. The number of aryl methyl sites for hydroxylation is 1. The van der Waals surface area contributed by atoms with Crippen LogP contribution in [0.1, 0.15) is 32.4 Å². The number of ether oxygens (including phenoxy) is 1. The number of nitrogens with one attached hydrogen (secondary N) is 1. The van der Waals surface area contributed by atoms with E-state index in [-0.39, 0.29) is 17.4 Å². The SMILES string of the molecule is Cc1ccc(C(=O)OCC(=O)NC(c2ccccc2)c2cccs2)cc1O. The maximum absolute atomic E-state index is 12.3. The Morgan fingerprint density at radius 2 is 1.89 bits per heavy atom. The minimum atomic E-state index is -0.659. The molecule has 0 fully saturated rings. The molecule has 0 radical (unpaired) electrons. The molecule has 0 bridgehead atoms. The van der Waals surface area contributed by atoms with Crippen LogP contribution in [0, 0.1) is 6.92 Å². The third-order valence-electron chi connectivity index (χ3n) is 4.05. The first-order valence-electron chi connectivity index (χ1n) is 8.39. The highest BCUT2D eigenvalue weighted by molar-refractivity contribution is 7.10. The summed E-state index contributed by atoms with van der Waals surface area (Å²) in [6, 6.07) is 17.7. The van der Waals surface area contributed by atoms with Gasteiger partial charge in [0.05, 0.1) is 11.6 Å². The van der Waals surface area contributed by atoms with Crippen molar-refractivity contribution < 1.29 is 19.4 Å². The van der Waals surface area contributed by atoms with Crippen LogP contribution in [0.25, 0.3) is 0 Å². The lowest BCUT2D eigenvalue weighted by molar-refractivity contribution is -0.124. The van der Waals surface area contributed by atoms with Gasteiger partial charge in [-0.25, -0.2) is 4.79 Å². The molecule has 1 atom stereocenters. The topological polar surface area (TPSA) is 75.6 Å². The lowest BCUT2D eigenvalue weighted by Gasteiger charge is -2.18. The van der Waals surface area contributed by atoms with Gasteiger partial charge in [0.25, 0.3) is 5.91 Å². The van der Waals surface area contributed by atoms with E-state index < -0.39 is 18.5 Å². The molecule has 0 saturated heterocycles. The van der Waals surface area contributed by atoms with Crippen LogP contribution >= 0.6 is 11.3 Å². The largest absolute Gasteiger partial charge is 0.508 e. The molecule has 0 aliphatic carbocycles. The zero-order valence-corrected chi connectivity index (χ0v) is 15.5. The Labute approximate surface area is 161 Å². The van der Waals surface area contributed by atoms with Gasteiger partial charge in [-0.15, -0.1) is 11.3 Å². The summed E-state index contributed by atoms with van der Waals surface area (Å²) in [4.78, 5) is 25.4. The van der Waals surface area contributed by atoms with Gasteiger partial charge in [-0.05, 0) is 41.6 Å². The van der Waals surface area contributed by atoms with Gasteiger partial charge < -0.3 is 15.2 Å². The maximum Gasteiger partial charge on any atom is 0.338 e. The second-order valence-electron chi connectivity index (χ2n) is 6.00.